The Morgan fingerprint density at radius 1 is 1.24 bits per heavy atom. The van der Waals surface area contributed by atoms with Gasteiger partial charge in [-0.3, -0.25) is 4.79 Å². The number of hydrogen-bond donors (Lipinski definition) is 2. The molecule has 1 aliphatic heterocycles. The molecule has 0 unspecified atom stereocenters. The molecule has 8 heteroatoms. The first-order chi connectivity index (χ1) is 14.0. The van der Waals surface area contributed by atoms with Crippen molar-refractivity contribution in [3.8, 4) is 17.3 Å². The quantitative estimate of drug-likeness (QED) is 0.434. The van der Waals surface area contributed by atoms with Crippen LogP contribution in [0.3, 0.4) is 0 Å². The number of carbonyl (C=O) groups is 1. The Balaban J connectivity index is 1.61. The lowest BCUT2D eigenvalue weighted by atomic mass is 10.1. The van der Waals surface area contributed by atoms with Crippen LogP contribution in [0.1, 0.15) is 27.2 Å². The topological polar surface area (TPSA) is 97.5 Å². The van der Waals surface area contributed by atoms with Crippen LogP contribution in [0, 0.1) is 11.3 Å². The van der Waals surface area contributed by atoms with Crippen molar-refractivity contribution < 1.29 is 15.0 Å². The minimum absolute atomic E-state index is 0.0192. The first-order valence-corrected chi connectivity index (χ1v) is 10.3. The fraction of sp³-hybridized carbons (Fsp3) is 0.0952. The smallest absolute Gasteiger partial charge is 0.257 e. The van der Waals surface area contributed by atoms with Crippen LogP contribution in [-0.2, 0) is 0 Å². The lowest BCUT2D eigenvalue weighted by Crippen LogP contribution is -2.30. The highest BCUT2D eigenvalue weighted by Gasteiger charge is 2.36. The minimum Gasteiger partial charge on any atom is -0.509 e. The number of aromatic nitrogens is 1. The molecular formula is C21H14BrN3O3S. The third kappa shape index (κ3) is 3.56. The molecule has 0 saturated heterocycles. The number of allylic oxidation sites excluding steroid dienone is 1. The maximum atomic E-state index is 12.5. The molecule has 1 aliphatic rings. The number of nitriles is 1. The van der Waals surface area contributed by atoms with E-state index in [-0.39, 0.29) is 17.9 Å². The van der Waals surface area contributed by atoms with E-state index in [4.69, 9.17) is 0 Å². The van der Waals surface area contributed by atoms with E-state index in [1.165, 1.54) is 11.3 Å². The molecule has 0 radical (unpaired) electrons. The van der Waals surface area contributed by atoms with Gasteiger partial charge in [-0.15, -0.1) is 11.3 Å². The Morgan fingerprint density at radius 3 is 2.66 bits per heavy atom. The lowest BCUT2D eigenvalue weighted by Gasteiger charge is -2.20. The number of rotatable bonds is 4. The van der Waals surface area contributed by atoms with Crippen LogP contribution >= 0.6 is 27.3 Å². The number of benzene rings is 2. The molecule has 0 spiro atoms. The molecule has 1 amide bonds. The van der Waals surface area contributed by atoms with Crippen LogP contribution in [0.4, 0.5) is 0 Å². The van der Waals surface area contributed by atoms with Crippen molar-refractivity contribution in [2.75, 3.05) is 6.54 Å². The Hall–Kier alpha value is -2.99. The highest BCUT2D eigenvalue weighted by molar-refractivity contribution is 9.10. The zero-order chi connectivity index (χ0) is 20.5. The Labute approximate surface area is 179 Å². The van der Waals surface area contributed by atoms with Crippen molar-refractivity contribution in [3.63, 3.8) is 0 Å². The van der Waals surface area contributed by atoms with Crippen molar-refractivity contribution >= 4 is 38.7 Å². The van der Waals surface area contributed by atoms with Crippen LogP contribution in [0.15, 0.2) is 64.1 Å². The van der Waals surface area contributed by atoms with Gasteiger partial charge in [0.2, 0.25) is 0 Å². The number of fused-ring (bicyclic) bond motifs is 1. The first kappa shape index (κ1) is 19.3. The molecule has 4 rings (SSSR count). The van der Waals surface area contributed by atoms with Crippen molar-refractivity contribution in [1.82, 2.24) is 9.88 Å². The summed E-state index contributed by atoms with van der Waals surface area (Å²) in [4.78, 5) is 18.1. The van der Waals surface area contributed by atoms with Gasteiger partial charge in [-0.2, -0.15) is 5.26 Å². The van der Waals surface area contributed by atoms with Gasteiger partial charge in [0.1, 0.15) is 22.4 Å². The van der Waals surface area contributed by atoms with Gasteiger partial charge >= 0.3 is 0 Å². The van der Waals surface area contributed by atoms with Crippen molar-refractivity contribution in [2.24, 2.45) is 0 Å². The van der Waals surface area contributed by atoms with E-state index in [1.807, 2.05) is 30.3 Å². The van der Waals surface area contributed by atoms with Crippen LogP contribution in [0.5, 0.6) is 0 Å². The van der Waals surface area contributed by atoms with Crippen LogP contribution < -0.4 is 0 Å². The highest BCUT2D eigenvalue weighted by Crippen LogP contribution is 2.33. The summed E-state index contributed by atoms with van der Waals surface area (Å²) in [5.41, 5.74) is 2.42. The number of carbonyl (C=O) groups excluding carboxylic acids is 1. The zero-order valence-corrected chi connectivity index (χ0v) is 17.3. The van der Waals surface area contributed by atoms with Gasteiger partial charge in [-0.1, -0.05) is 46.3 Å². The Bertz CT molecular complexity index is 1160. The zero-order valence-electron chi connectivity index (χ0n) is 14.9. The number of hydrogen-bond acceptors (Lipinski definition) is 6. The van der Waals surface area contributed by atoms with Gasteiger partial charge in [0.25, 0.3) is 5.91 Å². The van der Waals surface area contributed by atoms with Crippen molar-refractivity contribution in [2.45, 2.75) is 6.23 Å². The van der Waals surface area contributed by atoms with Crippen LogP contribution in [-0.4, -0.2) is 32.5 Å². The maximum Gasteiger partial charge on any atom is 0.257 e. The molecule has 0 aliphatic carbocycles. The van der Waals surface area contributed by atoms with E-state index < -0.39 is 12.1 Å². The van der Waals surface area contributed by atoms with E-state index in [0.29, 0.717) is 21.8 Å². The average Bonchev–Trinajstić information content (AvgIpc) is 3.29. The van der Waals surface area contributed by atoms with Gasteiger partial charge in [0, 0.05) is 26.5 Å². The summed E-state index contributed by atoms with van der Waals surface area (Å²) in [7, 11) is 0. The molecule has 2 N–H and O–H groups in total. The summed E-state index contributed by atoms with van der Waals surface area (Å²) in [6.45, 7) is -0.287. The summed E-state index contributed by atoms with van der Waals surface area (Å²) in [6, 6.07) is 16.3. The summed E-state index contributed by atoms with van der Waals surface area (Å²) < 4.78 is 0.946. The predicted octanol–water partition coefficient (Wildman–Crippen LogP) is 4.51. The first-order valence-electron chi connectivity index (χ1n) is 8.61. The van der Waals surface area contributed by atoms with Crippen molar-refractivity contribution in [1.29, 1.82) is 5.26 Å². The molecule has 2 heterocycles. The second kappa shape index (κ2) is 7.79. The van der Waals surface area contributed by atoms with Gasteiger partial charge in [0.15, 0.2) is 6.23 Å². The number of nitrogens with zero attached hydrogens (tertiary/aromatic N) is 3. The number of halogens is 1. The summed E-state index contributed by atoms with van der Waals surface area (Å²) in [5.74, 6) is -0.712. The molecule has 3 aromatic rings. The Kier molecular flexibility index (Phi) is 5.20. The molecule has 29 heavy (non-hydrogen) atoms. The second-order valence-corrected chi connectivity index (χ2v) is 8.15. The largest absolute Gasteiger partial charge is 0.509 e. The van der Waals surface area contributed by atoms with E-state index in [1.54, 1.807) is 29.6 Å². The van der Waals surface area contributed by atoms with Gasteiger partial charge < -0.3 is 15.1 Å². The van der Waals surface area contributed by atoms with E-state index in [2.05, 4.69) is 20.9 Å². The molecule has 0 bridgehead atoms. The number of amides is 1. The van der Waals surface area contributed by atoms with Gasteiger partial charge in [-0.05, 0) is 18.2 Å². The average molecular weight is 468 g/mol. The molecule has 6 nitrogen and oxygen atoms in total. The standard InChI is InChI=1S/C21H14BrN3O3S/c22-13-7-5-12(6-8-13)17-11-29-19(24-17)16(9-23)18(26)10-25-20(27)14-3-1-2-4-15(14)21(25)28/h1-8,11,20,26-27H,10H2/b18-16-/t20-/m0/s1. The normalized spacial score (nSPS) is 16.4. The third-order valence-electron chi connectivity index (χ3n) is 4.60. The van der Waals surface area contributed by atoms with E-state index >= 15 is 0 Å². The maximum absolute atomic E-state index is 12.5. The summed E-state index contributed by atoms with van der Waals surface area (Å²) in [5, 5.41) is 32.7. The third-order valence-corrected chi connectivity index (χ3v) is 5.99. The highest BCUT2D eigenvalue weighted by atomic mass is 79.9. The molecule has 0 saturated carbocycles. The number of aliphatic hydroxyl groups excluding tert-OH is 2. The molecule has 1 atom stereocenters. The fourth-order valence-electron chi connectivity index (χ4n) is 3.13. The molecule has 1 aromatic heterocycles. The predicted molar refractivity (Wildman–Crippen MR) is 113 cm³/mol. The fourth-order valence-corrected chi connectivity index (χ4v) is 4.24. The second-order valence-electron chi connectivity index (χ2n) is 6.37. The number of aliphatic hydroxyl groups is 2. The Morgan fingerprint density at radius 2 is 1.97 bits per heavy atom. The molecule has 0 fully saturated rings. The molecule has 144 valence electrons. The van der Waals surface area contributed by atoms with Gasteiger partial charge in [0.05, 0.1) is 12.2 Å². The summed E-state index contributed by atoms with van der Waals surface area (Å²) in [6.07, 6.45) is -1.17. The lowest BCUT2D eigenvalue weighted by molar-refractivity contribution is 0.0179. The SMILES string of the molecule is N#C/C(=C(/O)CN1C(=O)c2ccccc2[C@@H]1O)c1nc(-c2ccc(Br)cc2)cs1. The van der Waals surface area contributed by atoms with Crippen LogP contribution in [0.25, 0.3) is 16.8 Å². The van der Waals surface area contributed by atoms with E-state index in [0.717, 1.165) is 14.9 Å². The minimum atomic E-state index is -1.17. The number of thiazole rings is 1. The monoisotopic (exact) mass is 467 g/mol. The van der Waals surface area contributed by atoms with Crippen LogP contribution in [0.2, 0.25) is 0 Å². The van der Waals surface area contributed by atoms with Crippen molar-refractivity contribution in [3.05, 3.63) is 80.3 Å². The molecular weight excluding hydrogens is 454 g/mol. The summed E-state index contributed by atoms with van der Waals surface area (Å²) >= 11 is 4.61. The van der Waals surface area contributed by atoms with E-state index in [9.17, 15) is 20.3 Å². The van der Waals surface area contributed by atoms with Gasteiger partial charge in [-0.25, -0.2) is 4.98 Å². The molecule has 2 aromatic carbocycles.